The van der Waals surface area contributed by atoms with Crippen LogP contribution in [-0.2, 0) is 6.54 Å². The highest BCUT2D eigenvalue weighted by atomic mass is 15.2. The molecule has 1 aromatic heterocycles. The van der Waals surface area contributed by atoms with Gasteiger partial charge in [0.05, 0.1) is 6.33 Å². The van der Waals surface area contributed by atoms with Crippen LogP contribution in [0.5, 0.6) is 0 Å². The van der Waals surface area contributed by atoms with Crippen LogP contribution in [0.15, 0.2) is 18.7 Å². The Labute approximate surface area is 92.1 Å². The van der Waals surface area contributed by atoms with Gasteiger partial charge in [0.25, 0.3) is 0 Å². The minimum atomic E-state index is 0.323. The predicted molar refractivity (Wildman–Crippen MR) is 61.7 cm³/mol. The van der Waals surface area contributed by atoms with Gasteiger partial charge < -0.3 is 4.57 Å². The normalized spacial score (nSPS) is 23.5. The SMILES string of the molecule is CC(C)(C)N1CCC(Cn2ccnc2)C1. The summed E-state index contributed by atoms with van der Waals surface area (Å²) in [7, 11) is 0. The molecule has 0 amide bonds. The fraction of sp³-hybridized carbons (Fsp3) is 0.750. The van der Waals surface area contributed by atoms with Crippen molar-refractivity contribution in [3.05, 3.63) is 18.7 Å². The van der Waals surface area contributed by atoms with Crippen LogP contribution >= 0.6 is 0 Å². The summed E-state index contributed by atoms with van der Waals surface area (Å²) in [6, 6.07) is 0. The van der Waals surface area contributed by atoms with Crippen molar-refractivity contribution in [1.29, 1.82) is 0 Å². The van der Waals surface area contributed by atoms with E-state index in [4.69, 9.17) is 0 Å². The van der Waals surface area contributed by atoms with Crippen molar-refractivity contribution >= 4 is 0 Å². The van der Waals surface area contributed by atoms with Crippen molar-refractivity contribution in [3.8, 4) is 0 Å². The smallest absolute Gasteiger partial charge is 0.0946 e. The molecule has 1 saturated heterocycles. The van der Waals surface area contributed by atoms with Gasteiger partial charge in [0.15, 0.2) is 0 Å². The monoisotopic (exact) mass is 207 g/mol. The third kappa shape index (κ3) is 2.59. The molecule has 1 aliphatic rings. The van der Waals surface area contributed by atoms with Crippen molar-refractivity contribution in [2.75, 3.05) is 13.1 Å². The second-order valence-electron chi connectivity index (χ2n) is 5.53. The standard InChI is InChI=1S/C12H21N3/c1-12(2,3)15-6-4-11(9-15)8-14-7-5-13-10-14/h5,7,10-11H,4,6,8-9H2,1-3H3. The molecule has 0 radical (unpaired) electrons. The maximum absolute atomic E-state index is 4.08. The van der Waals surface area contributed by atoms with Gasteiger partial charge in [0, 0.05) is 31.0 Å². The molecule has 3 heteroatoms. The van der Waals surface area contributed by atoms with Gasteiger partial charge in [-0.25, -0.2) is 4.98 Å². The molecule has 0 spiro atoms. The number of rotatable bonds is 2. The van der Waals surface area contributed by atoms with E-state index in [0.29, 0.717) is 5.54 Å². The Hall–Kier alpha value is -0.830. The lowest BCUT2D eigenvalue weighted by Gasteiger charge is -2.31. The molecule has 1 fully saturated rings. The molecule has 2 rings (SSSR count). The average molecular weight is 207 g/mol. The fourth-order valence-corrected chi connectivity index (χ4v) is 2.28. The maximum atomic E-state index is 4.08. The number of aromatic nitrogens is 2. The summed E-state index contributed by atoms with van der Waals surface area (Å²) in [5.41, 5.74) is 0.323. The quantitative estimate of drug-likeness (QED) is 0.739. The van der Waals surface area contributed by atoms with Crippen LogP contribution in [-0.4, -0.2) is 33.1 Å². The third-order valence-electron chi connectivity index (χ3n) is 3.26. The first kappa shape index (κ1) is 10.7. The van der Waals surface area contributed by atoms with Crippen LogP contribution in [0, 0.1) is 5.92 Å². The van der Waals surface area contributed by atoms with Crippen molar-refractivity contribution in [1.82, 2.24) is 14.5 Å². The molecule has 0 bridgehead atoms. The maximum Gasteiger partial charge on any atom is 0.0946 e. The van der Waals surface area contributed by atoms with E-state index >= 15 is 0 Å². The summed E-state index contributed by atoms with van der Waals surface area (Å²) in [4.78, 5) is 6.66. The van der Waals surface area contributed by atoms with Crippen LogP contribution in [0.3, 0.4) is 0 Å². The van der Waals surface area contributed by atoms with E-state index in [1.54, 1.807) is 0 Å². The summed E-state index contributed by atoms with van der Waals surface area (Å²) < 4.78 is 2.19. The first-order chi connectivity index (χ1) is 7.05. The molecule has 3 nitrogen and oxygen atoms in total. The molecule has 0 aromatic carbocycles. The lowest BCUT2D eigenvalue weighted by atomic mass is 10.1. The Morgan fingerprint density at radius 3 is 2.73 bits per heavy atom. The van der Waals surface area contributed by atoms with Gasteiger partial charge in [-0.1, -0.05) is 0 Å². The number of nitrogens with zero attached hydrogens (tertiary/aromatic N) is 3. The Morgan fingerprint density at radius 1 is 1.40 bits per heavy atom. The van der Waals surface area contributed by atoms with E-state index in [0.717, 1.165) is 12.5 Å². The zero-order valence-corrected chi connectivity index (χ0v) is 9.98. The summed E-state index contributed by atoms with van der Waals surface area (Å²) in [6.07, 6.45) is 7.14. The highest BCUT2D eigenvalue weighted by Crippen LogP contribution is 2.25. The van der Waals surface area contributed by atoms with Crippen LogP contribution in [0.25, 0.3) is 0 Å². The van der Waals surface area contributed by atoms with Gasteiger partial charge in [-0.2, -0.15) is 0 Å². The highest BCUT2D eigenvalue weighted by molar-refractivity contribution is 4.86. The zero-order valence-electron chi connectivity index (χ0n) is 9.98. The van der Waals surface area contributed by atoms with E-state index in [2.05, 4.69) is 41.4 Å². The van der Waals surface area contributed by atoms with E-state index in [1.807, 2.05) is 12.5 Å². The van der Waals surface area contributed by atoms with E-state index < -0.39 is 0 Å². The second kappa shape index (κ2) is 3.97. The molecule has 0 N–H and O–H groups in total. The average Bonchev–Trinajstić information content (AvgIpc) is 2.73. The number of hydrogen-bond acceptors (Lipinski definition) is 2. The topological polar surface area (TPSA) is 21.1 Å². The summed E-state index contributed by atoms with van der Waals surface area (Å²) in [6.45, 7) is 10.5. The van der Waals surface area contributed by atoms with Crippen LogP contribution in [0.1, 0.15) is 27.2 Å². The van der Waals surface area contributed by atoms with E-state index in [1.165, 1.54) is 19.5 Å². The summed E-state index contributed by atoms with van der Waals surface area (Å²) in [5, 5.41) is 0. The molecule has 0 saturated carbocycles. The molecule has 1 aromatic rings. The predicted octanol–water partition coefficient (Wildman–Crippen LogP) is 2.00. The number of likely N-dealkylation sites (tertiary alicyclic amines) is 1. The van der Waals surface area contributed by atoms with Gasteiger partial charge in [0.2, 0.25) is 0 Å². The van der Waals surface area contributed by atoms with Crippen LogP contribution in [0.4, 0.5) is 0 Å². The minimum absolute atomic E-state index is 0.323. The Bertz CT molecular complexity index is 297. The molecule has 1 unspecified atom stereocenters. The van der Waals surface area contributed by atoms with Gasteiger partial charge >= 0.3 is 0 Å². The van der Waals surface area contributed by atoms with Crippen molar-refractivity contribution in [2.24, 2.45) is 5.92 Å². The lowest BCUT2D eigenvalue weighted by Crippen LogP contribution is -2.39. The Morgan fingerprint density at radius 2 is 2.20 bits per heavy atom. The van der Waals surface area contributed by atoms with Gasteiger partial charge in [-0.05, 0) is 39.7 Å². The molecular weight excluding hydrogens is 186 g/mol. The van der Waals surface area contributed by atoms with E-state index in [-0.39, 0.29) is 0 Å². The third-order valence-corrected chi connectivity index (χ3v) is 3.26. The fourth-order valence-electron chi connectivity index (χ4n) is 2.28. The largest absolute Gasteiger partial charge is 0.337 e. The summed E-state index contributed by atoms with van der Waals surface area (Å²) >= 11 is 0. The highest BCUT2D eigenvalue weighted by Gasteiger charge is 2.29. The van der Waals surface area contributed by atoms with Gasteiger partial charge in [-0.3, -0.25) is 4.90 Å². The number of hydrogen-bond donors (Lipinski definition) is 0. The molecule has 0 aliphatic carbocycles. The molecule has 84 valence electrons. The molecular formula is C12H21N3. The number of imidazole rings is 1. The Balaban J connectivity index is 1.88. The molecule has 15 heavy (non-hydrogen) atoms. The first-order valence-electron chi connectivity index (χ1n) is 5.76. The molecule has 2 heterocycles. The van der Waals surface area contributed by atoms with Crippen LogP contribution in [0.2, 0.25) is 0 Å². The van der Waals surface area contributed by atoms with Crippen molar-refractivity contribution in [2.45, 2.75) is 39.3 Å². The second-order valence-corrected chi connectivity index (χ2v) is 5.53. The summed E-state index contributed by atoms with van der Waals surface area (Å²) in [5.74, 6) is 0.790. The molecule has 1 atom stereocenters. The van der Waals surface area contributed by atoms with Crippen LogP contribution < -0.4 is 0 Å². The molecule has 1 aliphatic heterocycles. The van der Waals surface area contributed by atoms with Crippen molar-refractivity contribution < 1.29 is 0 Å². The van der Waals surface area contributed by atoms with Crippen molar-refractivity contribution in [3.63, 3.8) is 0 Å². The zero-order chi connectivity index (χ0) is 10.9. The Kier molecular flexibility index (Phi) is 2.83. The van der Waals surface area contributed by atoms with Gasteiger partial charge in [0.1, 0.15) is 0 Å². The van der Waals surface area contributed by atoms with Gasteiger partial charge in [-0.15, -0.1) is 0 Å². The minimum Gasteiger partial charge on any atom is -0.337 e. The lowest BCUT2D eigenvalue weighted by molar-refractivity contribution is 0.166. The first-order valence-corrected chi connectivity index (χ1v) is 5.76. The van der Waals surface area contributed by atoms with E-state index in [9.17, 15) is 0 Å².